The van der Waals surface area contributed by atoms with E-state index in [-0.39, 0.29) is 11.8 Å². The molecule has 4 heterocycles. The number of hydrogen-bond donors (Lipinski definition) is 0. The molecule has 5 nitrogen and oxygen atoms in total. The number of furan rings is 1. The zero-order valence-corrected chi connectivity index (χ0v) is 15.8. The smallest absolute Gasteiger partial charge is 0.200 e. The minimum absolute atomic E-state index is 0.140. The predicted octanol–water partition coefficient (Wildman–Crippen LogP) is 4.21. The molecule has 3 aliphatic heterocycles. The molecule has 0 saturated carbocycles. The largest absolute Gasteiger partial charge is 0.466 e. The second-order valence-electron chi connectivity index (χ2n) is 7.56. The third-order valence-corrected chi connectivity index (χ3v) is 5.99. The number of fused-ring (bicyclic) bond motifs is 4. The normalized spacial score (nSPS) is 24.2. The number of aryl methyl sites for hydroxylation is 1. The summed E-state index contributed by atoms with van der Waals surface area (Å²) in [5, 5.41) is 7.91. The van der Waals surface area contributed by atoms with Gasteiger partial charge in [-0.15, -0.1) is 0 Å². The first kappa shape index (κ1) is 16.2. The van der Waals surface area contributed by atoms with Gasteiger partial charge in [-0.1, -0.05) is 11.6 Å². The number of piperidine rings is 1. The van der Waals surface area contributed by atoms with Crippen molar-refractivity contribution in [2.45, 2.75) is 38.0 Å². The molecule has 26 heavy (non-hydrogen) atoms. The van der Waals surface area contributed by atoms with Crippen molar-refractivity contribution < 1.29 is 9.15 Å². The molecule has 1 aromatic carbocycles. The first-order valence-electron chi connectivity index (χ1n) is 9.15. The highest BCUT2D eigenvalue weighted by Gasteiger charge is 2.51. The van der Waals surface area contributed by atoms with Gasteiger partial charge in [0.05, 0.1) is 6.04 Å². The van der Waals surface area contributed by atoms with E-state index in [1.807, 2.05) is 37.3 Å². The van der Waals surface area contributed by atoms with Gasteiger partial charge in [0, 0.05) is 42.9 Å². The maximum Gasteiger partial charge on any atom is 0.200 e. The Morgan fingerprint density at radius 1 is 1.19 bits per heavy atom. The number of hydrogen-bond acceptors (Lipinski definition) is 5. The molecule has 0 aliphatic carbocycles. The molecule has 1 fully saturated rings. The monoisotopic (exact) mass is 371 g/mol. The third kappa shape index (κ3) is 2.45. The molecule has 0 amide bonds. The number of hydrazone groups is 1. The standard InChI is InChI=1S/C20H22ClN3O2/c1-13-3-5-19(25-13)16-12-17-15-11-14(21)4-6-18(15)26-20(24(17)22-16)7-9-23(2)10-8-20/h3-6,11,17H,7-10,12H2,1-2H3/t17-/m1/s1. The van der Waals surface area contributed by atoms with Crippen LogP contribution in [0.3, 0.4) is 0 Å². The lowest BCUT2D eigenvalue weighted by atomic mass is 9.91. The number of halogens is 1. The minimum Gasteiger partial charge on any atom is -0.466 e. The van der Waals surface area contributed by atoms with E-state index < -0.39 is 0 Å². The Morgan fingerprint density at radius 3 is 2.73 bits per heavy atom. The van der Waals surface area contributed by atoms with Crippen LogP contribution in [0.25, 0.3) is 0 Å². The average Bonchev–Trinajstić information content (AvgIpc) is 3.25. The summed E-state index contributed by atoms with van der Waals surface area (Å²) in [4.78, 5) is 2.34. The van der Waals surface area contributed by atoms with Gasteiger partial charge in [-0.05, 0) is 44.3 Å². The Balaban J connectivity index is 1.59. The molecular formula is C20H22ClN3O2. The summed E-state index contributed by atoms with van der Waals surface area (Å²) in [7, 11) is 2.16. The number of likely N-dealkylation sites (tertiary alicyclic amines) is 1. The second-order valence-corrected chi connectivity index (χ2v) is 7.99. The predicted molar refractivity (Wildman–Crippen MR) is 101 cm³/mol. The highest BCUT2D eigenvalue weighted by atomic mass is 35.5. The van der Waals surface area contributed by atoms with Crippen LogP contribution in [0, 0.1) is 6.92 Å². The van der Waals surface area contributed by atoms with Crippen LogP contribution in [0.1, 0.15) is 42.4 Å². The van der Waals surface area contributed by atoms with Crippen molar-refractivity contribution in [3.05, 3.63) is 52.4 Å². The molecule has 5 rings (SSSR count). The quantitative estimate of drug-likeness (QED) is 0.753. The molecule has 0 unspecified atom stereocenters. The lowest BCUT2D eigenvalue weighted by molar-refractivity contribution is -0.147. The average molecular weight is 372 g/mol. The summed E-state index contributed by atoms with van der Waals surface area (Å²) in [6.45, 7) is 3.96. The van der Waals surface area contributed by atoms with Crippen molar-refractivity contribution in [1.82, 2.24) is 9.91 Å². The van der Waals surface area contributed by atoms with E-state index >= 15 is 0 Å². The van der Waals surface area contributed by atoms with Gasteiger partial charge in [0.1, 0.15) is 23.0 Å². The van der Waals surface area contributed by atoms with Crippen LogP contribution in [0.2, 0.25) is 5.02 Å². The zero-order valence-electron chi connectivity index (χ0n) is 15.0. The molecule has 0 N–H and O–H groups in total. The number of ether oxygens (including phenoxy) is 1. The summed E-state index contributed by atoms with van der Waals surface area (Å²) in [5.41, 5.74) is 1.71. The molecule has 1 aromatic heterocycles. The van der Waals surface area contributed by atoms with Crippen LogP contribution in [-0.2, 0) is 0 Å². The maximum atomic E-state index is 6.57. The molecule has 6 heteroatoms. The topological polar surface area (TPSA) is 41.2 Å². The molecule has 0 bridgehead atoms. The first-order chi connectivity index (χ1) is 12.5. The first-order valence-corrected chi connectivity index (χ1v) is 9.52. The van der Waals surface area contributed by atoms with E-state index in [4.69, 9.17) is 25.9 Å². The van der Waals surface area contributed by atoms with Crippen molar-refractivity contribution >= 4 is 17.3 Å². The van der Waals surface area contributed by atoms with Crippen molar-refractivity contribution in [2.75, 3.05) is 20.1 Å². The van der Waals surface area contributed by atoms with E-state index in [2.05, 4.69) is 17.0 Å². The minimum atomic E-state index is -0.388. The van der Waals surface area contributed by atoms with Crippen molar-refractivity contribution in [2.24, 2.45) is 5.10 Å². The van der Waals surface area contributed by atoms with Gasteiger partial charge in [0.15, 0.2) is 0 Å². The van der Waals surface area contributed by atoms with E-state index in [1.165, 1.54) is 0 Å². The fraction of sp³-hybridized carbons (Fsp3) is 0.450. The van der Waals surface area contributed by atoms with Crippen molar-refractivity contribution in [3.8, 4) is 5.75 Å². The van der Waals surface area contributed by atoms with Crippen LogP contribution in [0.4, 0.5) is 0 Å². The highest BCUT2D eigenvalue weighted by Crippen LogP contribution is 2.50. The molecule has 2 aromatic rings. The molecule has 1 saturated heterocycles. The highest BCUT2D eigenvalue weighted by molar-refractivity contribution is 6.30. The van der Waals surface area contributed by atoms with Crippen LogP contribution >= 0.6 is 11.6 Å². The summed E-state index contributed by atoms with van der Waals surface area (Å²) >= 11 is 6.28. The van der Waals surface area contributed by atoms with Crippen LogP contribution in [0.5, 0.6) is 5.75 Å². The van der Waals surface area contributed by atoms with Gasteiger partial charge in [-0.25, -0.2) is 5.01 Å². The van der Waals surface area contributed by atoms with Crippen molar-refractivity contribution in [1.29, 1.82) is 0 Å². The molecule has 1 spiro atoms. The Labute approximate surface area is 158 Å². The SMILES string of the molecule is Cc1ccc(C2=NN3[C@H](C2)c2cc(Cl)ccc2OC32CCN(C)CC2)o1. The fourth-order valence-electron chi connectivity index (χ4n) is 4.29. The van der Waals surface area contributed by atoms with Gasteiger partial charge in [0.25, 0.3) is 0 Å². The second kappa shape index (κ2) is 5.76. The van der Waals surface area contributed by atoms with Crippen molar-refractivity contribution in [3.63, 3.8) is 0 Å². The molecule has 136 valence electrons. The number of benzene rings is 1. The Kier molecular flexibility index (Phi) is 3.59. The summed E-state index contributed by atoms with van der Waals surface area (Å²) in [6.07, 6.45) is 2.66. The van der Waals surface area contributed by atoms with Gasteiger partial charge in [-0.3, -0.25) is 0 Å². The van der Waals surface area contributed by atoms with Gasteiger partial charge >= 0.3 is 0 Å². The lowest BCUT2D eigenvalue weighted by Crippen LogP contribution is -2.58. The van der Waals surface area contributed by atoms with Gasteiger partial charge < -0.3 is 14.1 Å². The summed E-state index contributed by atoms with van der Waals surface area (Å²) in [6, 6.07) is 10.1. The van der Waals surface area contributed by atoms with E-state index in [9.17, 15) is 0 Å². The van der Waals surface area contributed by atoms with Crippen LogP contribution < -0.4 is 4.74 Å². The number of rotatable bonds is 1. The Morgan fingerprint density at radius 2 is 2.00 bits per heavy atom. The molecule has 3 aliphatic rings. The fourth-order valence-corrected chi connectivity index (χ4v) is 4.47. The summed E-state index contributed by atoms with van der Waals surface area (Å²) < 4.78 is 12.4. The lowest BCUT2D eigenvalue weighted by Gasteiger charge is -2.50. The Bertz CT molecular complexity index is 883. The Hall–Kier alpha value is -1.98. The molecule has 0 radical (unpaired) electrons. The van der Waals surface area contributed by atoms with Gasteiger partial charge in [-0.2, -0.15) is 5.10 Å². The number of nitrogens with zero attached hydrogens (tertiary/aromatic N) is 3. The van der Waals surface area contributed by atoms with Gasteiger partial charge in [0.2, 0.25) is 5.72 Å². The zero-order chi connectivity index (χ0) is 17.9. The van der Waals surface area contributed by atoms with E-state index in [0.717, 1.165) is 65.9 Å². The maximum absolute atomic E-state index is 6.57. The third-order valence-electron chi connectivity index (χ3n) is 5.75. The molecular weight excluding hydrogens is 350 g/mol. The summed E-state index contributed by atoms with van der Waals surface area (Å²) in [5.74, 6) is 2.69. The van der Waals surface area contributed by atoms with E-state index in [0.29, 0.717) is 0 Å². The van der Waals surface area contributed by atoms with Crippen LogP contribution in [0.15, 0.2) is 39.9 Å². The molecule has 1 atom stereocenters. The van der Waals surface area contributed by atoms with E-state index in [1.54, 1.807) is 0 Å². The van der Waals surface area contributed by atoms with Crippen LogP contribution in [-0.4, -0.2) is 41.5 Å².